The summed E-state index contributed by atoms with van der Waals surface area (Å²) in [4.78, 5) is 11.8. The molecule has 0 aromatic heterocycles. The quantitative estimate of drug-likeness (QED) is 0.830. The molecule has 0 aliphatic carbocycles. The van der Waals surface area contributed by atoms with Crippen molar-refractivity contribution in [3.05, 3.63) is 23.8 Å². The molecular formula is C15H20O3S. The lowest BCUT2D eigenvalue weighted by Crippen LogP contribution is -2.28. The second kappa shape index (κ2) is 5.87. The molecule has 0 radical (unpaired) electrons. The zero-order chi connectivity index (χ0) is 13.9. The van der Waals surface area contributed by atoms with E-state index in [0.29, 0.717) is 5.56 Å². The molecule has 3 nitrogen and oxygen atoms in total. The van der Waals surface area contributed by atoms with Gasteiger partial charge in [0.25, 0.3) is 0 Å². The lowest BCUT2D eigenvalue weighted by molar-refractivity contribution is 0.0696. The van der Waals surface area contributed by atoms with Crippen LogP contribution in [0.25, 0.3) is 0 Å². The van der Waals surface area contributed by atoms with Crippen LogP contribution in [0.1, 0.15) is 56.3 Å². The van der Waals surface area contributed by atoms with E-state index in [1.807, 2.05) is 0 Å². The van der Waals surface area contributed by atoms with E-state index in [0.717, 1.165) is 42.7 Å². The number of carboxylic acid groups (broad SMARTS) is 1. The minimum atomic E-state index is -0.884. The molecule has 1 aliphatic heterocycles. The van der Waals surface area contributed by atoms with Crippen molar-refractivity contribution in [2.75, 3.05) is 0 Å². The molecule has 1 aromatic carbocycles. The minimum Gasteiger partial charge on any atom is -0.478 e. The average Bonchev–Trinajstić information content (AvgIpc) is 2.74. The van der Waals surface area contributed by atoms with Gasteiger partial charge < -0.3 is 9.84 Å². The van der Waals surface area contributed by atoms with Gasteiger partial charge in [-0.05, 0) is 37.5 Å². The molecule has 1 aliphatic rings. The van der Waals surface area contributed by atoms with Gasteiger partial charge in [-0.25, -0.2) is 4.79 Å². The standard InChI is InChI=1S/C15H20O3S/c1-3-5-9-15(8-4-2)18-12-7-6-11(14(16)17)10-13(12)19-15/h6-7,10H,3-5,8-9H2,1-2H3,(H,16,17). The smallest absolute Gasteiger partial charge is 0.335 e. The van der Waals surface area contributed by atoms with Crippen molar-refractivity contribution in [3.8, 4) is 5.75 Å². The molecule has 19 heavy (non-hydrogen) atoms. The lowest BCUT2D eigenvalue weighted by atomic mass is 10.1. The predicted molar refractivity (Wildman–Crippen MR) is 77.1 cm³/mol. The van der Waals surface area contributed by atoms with Gasteiger partial charge in [0.05, 0.1) is 10.5 Å². The molecule has 1 atom stereocenters. The first kappa shape index (κ1) is 14.3. The van der Waals surface area contributed by atoms with Crippen LogP contribution >= 0.6 is 11.8 Å². The number of thioether (sulfide) groups is 1. The summed E-state index contributed by atoms with van der Waals surface area (Å²) in [6.45, 7) is 4.33. The molecule has 4 heteroatoms. The highest BCUT2D eigenvalue weighted by Crippen LogP contribution is 2.52. The average molecular weight is 280 g/mol. The van der Waals surface area contributed by atoms with E-state index in [9.17, 15) is 4.79 Å². The Morgan fingerprint density at radius 1 is 1.32 bits per heavy atom. The van der Waals surface area contributed by atoms with Gasteiger partial charge in [-0.15, -0.1) is 0 Å². The number of fused-ring (bicyclic) bond motifs is 1. The van der Waals surface area contributed by atoms with Gasteiger partial charge >= 0.3 is 5.97 Å². The number of carbonyl (C=O) groups is 1. The molecule has 1 unspecified atom stereocenters. The molecular weight excluding hydrogens is 260 g/mol. The Hall–Kier alpha value is -1.16. The lowest BCUT2D eigenvalue weighted by Gasteiger charge is -2.27. The van der Waals surface area contributed by atoms with Crippen LogP contribution in [0.2, 0.25) is 0 Å². The Bertz CT molecular complexity index is 472. The van der Waals surface area contributed by atoms with Crippen LogP contribution in [0.4, 0.5) is 0 Å². The zero-order valence-electron chi connectivity index (χ0n) is 11.4. The van der Waals surface area contributed by atoms with Gasteiger partial charge in [0.2, 0.25) is 0 Å². The third-order valence-electron chi connectivity index (χ3n) is 3.32. The van der Waals surface area contributed by atoms with E-state index in [1.165, 1.54) is 0 Å². The predicted octanol–water partition coefficient (Wildman–Crippen LogP) is 4.56. The van der Waals surface area contributed by atoms with Crippen LogP contribution in [0, 0.1) is 0 Å². The molecule has 0 fully saturated rings. The molecule has 104 valence electrons. The summed E-state index contributed by atoms with van der Waals surface area (Å²) in [6.07, 6.45) is 5.35. The summed E-state index contributed by atoms with van der Waals surface area (Å²) in [5, 5.41) is 9.04. The largest absolute Gasteiger partial charge is 0.478 e. The van der Waals surface area contributed by atoms with Crippen LogP contribution in [0.5, 0.6) is 5.75 Å². The van der Waals surface area contributed by atoms with Crippen molar-refractivity contribution in [3.63, 3.8) is 0 Å². The normalized spacial score (nSPS) is 20.9. The van der Waals surface area contributed by atoms with Gasteiger partial charge in [0, 0.05) is 0 Å². The molecule has 0 saturated carbocycles. The number of rotatable bonds is 6. The molecule has 0 bridgehead atoms. The first-order valence-electron chi connectivity index (χ1n) is 6.85. The molecule has 1 N–H and O–H groups in total. The number of unbranched alkanes of at least 4 members (excludes halogenated alkanes) is 1. The van der Waals surface area contributed by atoms with Gasteiger partial charge in [-0.3, -0.25) is 0 Å². The Balaban J connectivity index is 2.22. The number of ether oxygens (including phenoxy) is 1. The third-order valence-corrected chi connectivity index (χ3v) is 4.73. The molecule has 1 aromatic rings. The zero-order valence-corrected chi connectivity index (χ0v) is 12.3. The Morgan fingerprint density at radius 3 is 2.74 bits per heavy atom. The van der Waals surface area contributed by atoms with E-state index < -0.39 is 5.97 Å². The van der Waals surface area contributed by atoms with Crippen molar-refractivity contribution in [2.24, 2.45) is 0 Å². The number of hydrogen-bond acceptors (Lipinski definition) is 3. The molecule has 2 rings (SSSR count). The molecule has 0 amide bonds. The Kier molecular flexibility index (Phi) is 4.40. The van der Waals surface area contributed by atoms with Crippen LogP contribution in [-0.4, -0.2) is 16.0 Å². The van der Waals surface area contributed by atoms with E-state index in [-0.39, 0.29) is 4.93 Å². The Labute approximate surface area is 118 Å². The van der Waals surface area contributed by atoms with E-state index in [1.54, 1.807) is 30.0 Å². The number of benzene rings is 1. The first-order chi connectivity index (χ1) is 9.10. The Morgan fingerprint density at radius 2 is 2.11 bits per heavy atom. The van der Waals surface area contributed by atoms with Crippen LogP contribution in [0.15, 0.2) is 23.1 Å². The second-order valence-electron chi connectivity index (χ2n) is 4.94. The molecule has 0 saturated heterocycles. The number of aromatic carboxylic acids is 1. The van der Waals surface area contributed by atoms with Crippen molar-refractivity contribution >= 4 is 17.7 Å². The van der Waals surface area contributed by atoms with Crippen molar-refractivity contribution in [2.45, 2.75) is 55.8 Å². The van der Waals surface area contributed by atoms with Crippen LogP contribution < -0.4 is 4.74 Å². The maximum Gasteiger partial charge on any atom is 0.335 e. The summed E-state index contributed by atoms with van der Waals surface area (Å²) in [6, 6.07) is 5.13. The maximum atomic E-state index is 11.0. The van der Waals surface area contributed by atoms with Crippen molar-refractivity contribution in [1.29, 1.82) is 0 Å². The van der Waals surface area contributed by atoms with Gasteiger partial charge in [0.15, 0.2) is 4.93 Å². The van der Waals surface area contributed by atoms with Gasteiger partial charge in [-0.1, -0.05) is 38.5 Å². The molecule has 0 spiro atoms. The summed E-state index contributed by atoms with van der Waals surface area (Å²) < 4.78 is 6.14. The first-order valence-corrected chi connectivity index (χ1v) is 7.67. The van der Waals surface area contributed by atoms with Crippen LogP contribution in [-0.2, 0) is 0 Å². The third kappa shape index (κ3) is 3.06. The maximum absolute atomic E-state index is 11.0. The summed E-state index contributed by atoms with van der Waals surface area (Å²) in [5.41, 5.74) is 0.331. The van der Waals surface area contributed by atoms with Gasteiger partial charge in [0.1, 0.15) is 5.75 Å². The summed E-state index contributed by atoms with van der Waals surface area (Å²) >= 11 is 1.69. The highest BCUT2D eigenvalue weighted by atomic mass is 32.2. The van der Waals surface area contributed by atoms with Crippen molar-refractivity contribution < 1.29 is 14.6 Å². The topological polar surface area (TPSA) is 46.5 Å². The summed E-state index contributed by atoms with van der Waals surface area (Å²) in [7, 11) is 0. The highest BCUT2D eigenvalue weighted by Gasteiger charge is 2.39. The fourth-order valence-electron chi connectivity index (χ4n) is 2.38. The number of hydrogen-bond donors (Lipinski definition) is 1. The van der Waals surface area contributed by atoms with E-state index >= 15 is 0 Å². The fraction of sp³-hybridized carbons (Fsp3) is 0.533. The van der Waals surface area contributed by atoms with E-state index in [4.69, 9.17) is 9.84 Å². The summed E-state index contributed by atoms with van der Waals surface area (Å²) in [5.74, 6) is -0.0514. The van der Waals surface area contributed by atoms with Gasteiger partial charge in [-0.2, -0.15) is 0 Å². The monoisotopic (exact) mass is 280 g/mol. The fourth-order valence-corrected chi connectivity index (χ4v) is 3.86. The minimum absolute atomic E-state index is 0.190. The van der Waals surface area contributed by atoms with Crippen LogP contribution in [0.3, 0.4) is 0 Å². The molecule has 1 heterocycles. The second-order valence-corrected chi connectivity index (χ2v) is 6.32. The number of carboxylic acids is 1. The highest BCUT2D eigenvalue weighted by molar-refractivity contribution is 8.00. The van der Waals surface area contributed by atoms with Crippen molar-refractivity contribution in [1.82, 2.24) is 0 Å². The SMILES string of the molecule is CCCCC1(CCC)Oc2ccc(C(=O)O)cc2S1. The van der Waals surface area contributed by atoms with E-state index in [2.05, 4.69) is 13.8 Å².